The Hall–Kier alpha value is -4.12. The van der Waals surface area contributed by atoms with Crippen LogP contribution in [0.3, 0.4) is 0 Å². The largest absolute Gasteiger partial charge is 0.457 e. The molecular formula is C25H25N5O3. The first-order valence-corrected chi connectivity index (χ1v) is 10.8. The molecule has 8 heteroatoms. The third kappa shape index (κ3) is 5.21. The van der Waals surface area contributed by atoms with Gasteiger partial charge in [-0.2, -0.15) is 15.0 Å². The third-order valence-electron chi connectivity index (χ3n) is 5.21. The molecule has 1 aromatic heterocycles. The maximum Gasteiger partial charge on any atom is 0.417 e. The number of aromatic nitrogens is 3. The van der Waals surface area contributed by atoms with Crippen LogP contribution >= 0.6 is 0 Å². The minimum atomic E-state index is -0.462. The van der Waals surface area contributed by atoms with Gasteiger partial charge in [-0.15, -0.1) is 0 Å². The topological polar surface area (TPSA) is 89.5 Å². The molecule has 1 aliphatic rings. The van der Waals surface area contributed by atoms with E-state index in [0.717, 1.165) is 23.5 Å². The number of benzene rings is 2. The Kier molecular flexibility index (Phi) is 6.69. The predicted octanol–water partition coefficient (Wildman–Crippen LogP) is 4.94. The van der Waals surface area contributed by atoms with E-state index < -0.39 is 6.09 Å². The standard InChI is InChI=1S/C25H25N5O3/c1-4-9-22-27-23(29-24(28-22)30-19(5-2)16-32-25(30)31)26-17(3)18-12-14-21(15-13-18)33-20-10-7-6-8-11-20/h6-8,10-15,17,19H,5,16H2,1-3H3,(H,26,27,28,29)/t17-,19-/m0/s1. The molecule has 2 heterocycles. The van der Waals surface area contributed by atoms with Gasteiger partial charge in [-0.1, -0.05) is 43.2 Å². The van der Waals surface area contributed by atoms with Gasteiger partial charge in [0.1, 0.15) is 18.1 Å². The van der Waals surface area contributed by atoms with Crippen LogP contribution in [0.25, 0.3) is 0 Å². The first-order valence-electron chi connectivity index (χ1n) is 10.8. The van der Waals surface area contributed by atoms with Gasteiger partial charge in [0, 0.05) is 0 Å². The Morgan fingerprint density at radius 2 is 1.85 bits per heavy atom. The molecule has 1 N–H and O–H groups in total. The zero-order valence-electron chi connectivity index (χ0n) is 18.8. The predicted molar refractivity (Wildman–Crippen MR) is 125 cm³/mol. The molecule has 1 saturated heterocycles. The van der Waals surface area contributed by atoms with Crippen molar-refractivity contribution in [2.75, 3.05) is 16.8 Å². The van der Waals surface area contributed by atoms with E-state index in [1.165, 1.54) is 4.90 Å². The van der Waals surface area contributed by atoms with Crippen LogP contribution in [0.1, 0.15) is 44.6 Å². The van der Waals surface area contributed by atoms with Crippen LogP contribution in [0, 0.1) is 11.8 Å². The number of carbonyl (C=O) groups excluding carboxylic acids is 1. The van der Waals surface area contributed by atoms with Gasteiger partial charge in [-0.3, -0.25) is 0 Å². The molecule has 1 amide bonds. The van der Waals surface area contributed by atoms with Crippen molar-refractivity contribution in [2.45, 2.75) is 39.3 Å². The highest BCUT2D eigenvalue weighted by atomic mass is 16.6. The van der Waals surface area contributed by atoms with Crippen LogP contribution in [0.5, 0.6) is 11.5 Å². The second-order valence-electron chi connectivity index (χ2n) is 7.52. The minimum absolute atomic E-state index is 0.110. The molecule has 1 aliphatic heterocycles. The van der Waals surface area contributed by atoms with Crippen LogP contribution in [-0.2, 0) is 4.74 Å². The summed E-state index contributed by atoms with van der Waals surface area (Å²) < 4.78 is 11.0. The van der Waals surface area contributed by atoms with Crippen molar-refractivity contribution >= 4 is 18.0 Å². The third-order valence-corrected chi connectivity index (χ3v) is 5.21. The monoisotopic (exact) mass is 443 g/mol. The van der Waals surface area contributed by atoms with E-state index in [2.05, 4.69) is 32.1 Å². The maximum atomic E-state index is 12.3. The van der Waals surface area contributed by atoms with E-state index >= 15 is 0 Å². The zero-order chi connectivity index (χ0) is 23.2. The van der Waals surface area contributed by atoms with Crippen molar-refractivity contribution in [3.05, 3.63) is 66.0 Å². The fourth-order valence-corrected chi connectivity index (χ4v) is 3.44. The van der Waals surface area contributed by atoms with E-state index in [-0.39, 0.29) is 18.0 Å². The SMILES string of the molecule is CC#Cc1nc(N[C@@H](C)c2ccc(Oc3ccccc3)cc2)nc(N2C(=O)OC[C@@H]2CC)n1. The average molecular weight is 444 g/mol. The number of anilines is 2. The molecule has 0 unspecified atom stereocenters. The van der Waals surface area contributed by atoms with Crippen molar-refractivity contribution in [1.82, 2.24) is 15.0 Å². The van der Waals surface area contributed by atoms with E-state index in [1.54, 1.807) is 6.92 Å². The number of hydrogen-bond donors (Lipinski definition) is 1. The van der Waals surface area contributed by atoms with Crippen molar-refractivity contribution in [2.24, 2.45) is 0 Å². The summed E-state index contributed by atoms with van der Waals surface area (Å²) in [7, 11) is 0. The lowest BCUT2D eigenvalue weighted by Crippen LogP contribution is -2.34. The molecule has 33 heavy (non-hydrogen) atoms. The summed E-state index contributed by atoms with van der Waals surface area (Å²) in [6, 6.07) is 17.2. The van der Waals surface area contributed by atoms with Crippen molar-refractivity contribution in [3.63, 3.8) is 0 Å². The fourth-order valence-electron chi connectivity index (χ4n) is 3.44. The number of cyclic esters (lactones) is 1. The molecule has 0 saturated carbocycles. The van der Waals surface area contributed by atoms with Gasteiger partial charge in [0.15, 0.2) is 0 Å². The number of hydrogen-bond acceptors (Lipinski definition) is 7. The van der Waals surface area contributed by atoms with Crippen molar-refractivity contribution < 1.29 is 14.3 Å². The van der Waals surface area contributed by atoms with Gasteiger partial charge >= 0.3 is 6.09 Å². The van der Waals surface area contributed by atoms with Crippen LogP contribution in [0.15, 0.2) is 54.6 Å². The number of amides is 1. The lowest BCUT2D eigenvalue weighted by Gasteiger charge is -2.20. The number of carbonyl (C=O) groups is 1. The highest BCUT2D eigenvalue weighted by Crippen LogP contribution is 2.26. The number of ether oxygens (including phenoxy) is 2. The Morgan fingerprint density at radius 3 is 2.55 bits per heavy atom. The summed E-state index contributed by atoms with van der Waals surface area (Å²) in [5, 5.41) is 3.29. The first kappa shape index (κ1) is 22.1. The fraction of sp³-hybridized carbons (Fsp3) is 0.280. The Morgan fingerprint density at radius 1 is 1.12 bits per heavy atom. The lowest BCUT2D eigenvalue weighted by molar-refractivity contribution is 0.178. The molecule has 0 aliphatic carbocycles. The molecular weight excluding hydrogens is 418 g/mol. The number of nitrogens with zero attached hydrogens (tertiary/aromatic N) is 4. The van der Waals surface area contributed by atoms with Gasteiger partial charge in [-0.25, -0.2) is 9.69 Å². The Bertz CT molecular complexity index is 1170. The highest BCUT2D eigenvalue weighted by molar-refractivity contribution is 5.88. The molecule has 1 fully saturated rings. The smallest absolute Gasteiger partial charge is 0.417 e. The maximum absolute atomic E-state index is 12.3. The summed E-state index contributed by atoms with van der Waals surface area (Å²) in [6.45, 7) is 6.00. The van der Waals surface area contributed by atoms with E-state index in [0.29, 0.717) is 18.4 Å². The summed E-state index contributed by atoms with van der Waals surface area (Å²) >= 11 is 0. The second kappa shape index (κ2) is 10.0. The van der Waals surface area contributed by atoms with Gasteiger partial charge in [-0.05, 0) is 56.0 Å². The average Bonchev–Trinajstić information content (AvgIpc) is 3.21. The van der Waals surface area contributed by atoms with Gasteiger partial charge in [0.05, 0.1) is 12.1 Å². The lowest BCUT2D eigenvalue weighted by atomic mass is 10.1. The summed E-state index contributed by atoms with van der Waals surface area (Å²) in [5.41, 5.74) is 1.02. The minimum Gasteiger partial charge on any atom is -0.457 e. The van der Waals surface area contributed by atoms with E-state index in [9.17, 15) is 4.79 Å². The number of nitrogens with one attached hydrogen (secondary N) is 1. The molecule has 3 aromatic rings. The summed E-state index contributed by atoms with van der Waals surface area (Å²) in [5.74, 6) is 8.05. The number of para-hydroxylation sites is 1. The Balaban J connectivity index is 1.53. The van der Waals surface area contributed by atoms with Crippen LogP contribution in [-0.4, -0.2) is 33.7 Å². The molecule has 0 spiro atoms. The highest BCUT2D eigenvalue weighted by Gasteiger charge is 2.35. The summed E-state index contributed by atoms with van der Waals surface area (Å²) in [6.07, 6.45) is 0.263. The molecule has 168 valence electrons. The van der Waals surface area contributed by atoms with E-state index in [4.69, 9.17) is 9.47 Å². The first-order chi connectivity index (χ1) is 16.1. The molecule has 4 rings (SSSR count). The Labute approximate surface area is 193 Å². The molecule has 2 atom stereocenters. The van der Waals surface area contributed by atoms with Crippen molar-refractivity contribution in [3.8, 4) is 23.3 Å². The molecule has 2 aromatic carbocycles. The van der Waals surface area contributed by atoms with Crippen LogP contribution in [0.2, 0.25) is 0 Å². The summed E-state index contributed by atoms with van der Waals surface area (Å²) in [4.78, 5) is 27.0. The quantitative estimate of drug-likeness (QED) is 0.517. The zero-order valence-corrected chi connectivity index (χ0v) is 18.8. The van der Waals surface area contributed by atoms with Gasteiger partial charge in [0.2, 0.25) is 17.7 Å². The van der Waals surface area contributed by atoms with Gasteiger partial charge < -0.3 is 14.8 Å². The molecule has 0 bridgehead atoms. The van der Waals surface area contributed by atoms with E-state index in [1.807, 2.05) is 68.4 Å². The second-order valence-corrected chi connectivity index (χ2v) is 7.52. The molecule has 0 radical (unpaired) electrons. The molecule has 8 nitrogen and oxygen atoms in total. The van der Waals surface area contributed by atoms with Crippen LogP contribution in [0.4, 0.5) is 16.7 Å². The van der Waals surface area contributed by atoms with Gasteiger partial charge in [0.25, 0.3) is 0 Å². The normalized spacial score (nSPS) is 15.9. The number of rotatable bonds is 7. The van der Waals surface area contributed by atoms with Crippen molar-refractivity contribution in [1.29, 1.82) is 0 Å². The van der Waals surface area contributed by atoms with Crippen LogP contribution < -0.4 is 15.0 Å².